The number of methoxy groups -OCH3 is 1. The maximum atomic E-state index is 11.6. The molecule has 7 rings (SSSR count). The third kappa shape index (κ3) is 0.605. The van der Waals surface area contributed by atoms with Crippen LogP contribution in [0, 0.1) is 35.5 Å². The summed E-state index contributed by atoms with van der Waals surface area (Å²) in [5.74, 6) is 2.95. The van der Waals surface area contributed by atoms with E-state index >= 15 is 0 Å². The lowest BCUT2D eigenvalue weighted by molar-refractivity contribution is -0.391. The summed E-state index contributed by atoms with van der Waals surface area (Å²) < 4.78 is 17.0. The van der Waals surface area contributed by atoms with Crippen LogP contribution in [0.3, 0.4) is 0 Å². The van der Waals surface area contributed by atoms with Gasteiger partial charge in [-0.3, -0.25) is 0 Å². The van der Waals surface area contributed by atoms with E-state index in [0.29, 0.717) is 48.7 Å². The molecule has 1 amide bonds. The van der Waals surface area contributed by atoms with Crippen molar-refractivity contribution in [3.05, 3.63) is 0 Å². The van der Waals surface area contributed by atoms with E-state index in [2.05, 4.69) is 21.2 Å². The van der Waals surface area contributed by atoms with E-state index in [0.717, 1.165) is 0 Å². The molecule has 7 fully saturated rings. The van der Waals surface area contributed by atoms with Crippen molar-refractivity contribution in [2.75, 3.05) is 20.3 Å². The topological polar surface area (TPSA) is 56.8 Å². The molecule has 1 saturated heterocycles. The van der Waals surface area contributed by atoms with Gasteiger partial charge in [0.15, 0.2) is 5.79 Å². The average Bonchev–Trinajstić information content (AvgIpc) is 2.95. The highest BCUT2D eigenvalue weighted by molar-refractivity contribution is 9.10. The lowest BCUT2D eigenvalue weighted by Crippen LogP contribution is -2.99. The molecular weight excluding hydrogens is 314 g/mol. The van der Waals surface area contributed by atoms with Gasteiger partial charge in [0.2, 0.25) is 0 Å². The third-order valence-corrected chi connectivity index (χ3v) is 8.75. The molecule has 0 aromatic rings. The highest BCUT2D eigenvalue weighted by Crippen LogP contribution is 3.01. The Labute approximate surface area is 118 Å². The van der Waals surface area contributed by atoms with E-state index in [1.807, 2.05) is 0 Å². The van der Waals surface area contributed by atoms with E-state index in [1.54, 1.807) is 0 Å². The van der Waals surface area contributed by atoms with Crippen molar-refractivity contribution in [1.82, 2.24) is 5.32 Å². The van der Waals surface area contributed by atoms with Crippen LogP contribution in [0.25, 0.3) is 0 Å². The number of nitrogens with one attached hydrogen (secondary N) is 1. The van der Waals surface area contributed by atoms with Crippen molar-refractivity contribution in [2.45, 2.75) is 15.7 Å². The van der Waals surface area contributed by atoms with Crippen molar-refractivity contribution in [1.29, 1.82) is 0 Å². The number of alkyl carbamates (subject to hydrolysis) is 1. The molecule has 2 bridgehead atoms. The molecule has 6 saturated carbocycles. The minimum Gasteiger partial charge on any atom is -0.453 e. The smallest absolute Gasteiger partial charge is 0.407 e. The fraction of sp³-hybridized carbons (Fsp3) is 0.923. The molecule has 8 atom stereocenters. The Kier molecular flexibility index (Phi) is 1.35. The van der Waals surface area contributed by atoms with Gasteiger partial charge in [-0.1, -0.05) is 15.9 Å². The lowest BCUT2D eigenvalue weighted by atomic mass is 9.16. The second-order valence-electron chi connectivity index (χ2n) is 6.84. The summed E-state index contributed by atoms with van der Waals surface area (Å²) in [6, 6.07) is 0. The van der Waals surface area contributed by atoms with E-state index in [4.69, 9.17) is 14.2 Å². The van der Waals surface area contributed by atoms with Gasteiger partial charge in [0.05, 0.1) is 30.2 Å². The molecule has 6 aliphatic carbocycles. The maximum absolute atomic E-state index is 11.6. The van der Waals surface area contributed by atoms with E-state index < -0.39 is 5.79 Å². The van der Waals surface area contributed by atoms with Gasteiger partial charge in [-0.25, -0.2) is 4.79 Å². The van der Waals surface area contributed by atoms with Gasteiger partial charge >= 0.3 is 6.09 Å². The molecule has 1 heterocycles. The van der Waals surface area contributed by atoms with Gasteiger partial charge in [0.1, 0.15) is 0 Å². The highest BCUT2D eigenvalue weighted by atomic mass is 79.9. The number of rotatable bonds is 1. The molecule has 1 N–H and O–H groups in total. The number of carbonyl (C=O) groups excluding carboxylic acids is 1. The monoisotopic (exact) mass is 327 g/mol. The molecule has 0 aromatic heterocycles. The largest absolute Gasteiger partial charge is 0.453 e. The quantitative estimate of drug-likeness (QED) is 0.721. The van der Waals surface area contributed by atoms with Crippen LogP contribution in [0.4, 0.5) is 4.79 Å². The molecule has 4 unspecified atom stereocenters. The van der Waals surface area contributed by atoms with Crippen LogP contribution in [-0.4, -0.2) is 42.1 Å². The van der Waals surface area contributed by atoms with Crippen LogP contribution in [-0.2, 0) is 14.2 Å². The molecule has 7 aliphatic rings. The normalized spacial score (nSPS) is 66.6. The van der Waals surface area contributed by atoms with Gasteiger partial charge in [-0.15, -0.1) is 0 Å². The van der Waals surface area contributed by atoms with Gasteiger partial charge < -0.3 is 19.5 Å². The number of alkyl halides is 1. The summed E-state index contributed by atoms with van der Waals surface area (Å²) >= 11 is 3.99. The van der Waals surface area contributed by atoms with E-state index in [-0.39, 0.29) is 16.0 Å². The molecule has 1 aliphatic heterocycles. The standard InChI is InChI=1S/C13H14BrNO4/c1-17-10(16)15-11-4-7-5(11)9-6(11)8(4)12(7,14)13(9)18-2-3-19-13/h4-9H,2-3H2,1H3,(H,15,16)/t4?,5-,6+,7-,8-,9?,11?,12?/m0/s1. The SMILES string of the molecule is COC(=O)NC12C3[C@H]4[C@H]1C1[C@H]2[C@H]3C4(Br)C12OCCO2. The number of hydrogen-bond donors (Lipinski definition) is 1. The number of carbonyl (C=O) groups is 1. The number of amides is 1. The minimum absolute atomic E-state index is 0.0170. The van der Waals surface area contributed by atoms with Crippen molar-refractivity contribution in [3.63, 3.8) is 0 Å². The van der Waals surface area contributed by atoms with Crippen LogP contribution < -0.4 is 5.32 Å². The number of hydrogen-bond acceptors (Lipinski definition) is 4. The molecule has 0 aromatic carbocycles. The molecule has 6 heteroatoms. The Bertz CT molecular complexity index is 525. The first-order valence-corrected chi connectivity index (χ1v) is 7.77. The summed E-state index contributed by atoms with van der Waals surface area (Å²) in [7, 11) is 1.43. The zero-order chi connectivity index (χ0) is 12.8. The summed E-state index contributed by atoms with van der Waals surface area (Å²) in [5.41, 5.74) is 0.0170. The predicted octanol–water partition coefficient (Wildman–Crippen LogP) is 0.723. The maximum Gasteiger partial charge on any atom is 0.407 e. The molecular formula is C13H14BrNO4. The van der Waals surface area contributed by atoms with Crippen LogP contribution >= 0.6 is 15.9 Å². The molecule has 19 heavy (non-hydrogen) atoms. The molecule has 5 nitrogen and oxygen atoms in total. The van der Waals surface area contributed by atoms with Gasteiger partial charge in [0, 0.05) is 5.92 Å². The zero-order valence-corrected chi connectivity index (χ0v) is 12.0. The molecule has 102 valence electrons. The van der Waals surface area contributed by atoms with Crippen LogP contribution in [0.15, 0.2) is 0 Å². The molecule has 0 radical (unpaired) electrons. The Morgan fingerprint density at radius 3 is 2.32 bits per heavy atom. The Hall–Kier alpha value is -0.330. The van der Waals surface area contributed by atoms with Crippen molar-refractivity contribution < 1.29 is 19.0 Å². The fourth-order valence-electron chi connectivity index (χ4n) is 7.10. The van der Waals surface area contributed by atoms with E-state index in [1.165, 1.54) is 7.11 Å². The number of ether oxygens (including phenoxy) is 3. The zero-order valence-electron chi connectivity index (χ0n) is 10.4. The van der Waals surface area contributed by atoms with Crippen LogP contribution in [0.5, 0.6) is 0 Å². The van der Waals surface area contributed by atoms with Crippen LogP contribution in [0.1, 0.15) is 0 Å². The Morgan fingerprint density at radius 2 is 1.74 bits per heavy atom. The first-order valence-electron chi connectivity index (χ1n) is 6.97. The van der Waals surface area contributed by atoms with E-state index in [9.17, 15) is 4.79 Å². The fourth-order valence-corrected chi connectivity index (χ4v) is 8.73. The second-order valence-corrected chi connectivity index (χ2v) is 8.15. The van der Waals surface area contributed by atoms with Gasteiger partial charge in [0.25, 0.3) is 0 Å². The first-order chi connectivity index (χ1) is 9.14. The molecule has 1 spiro atoms. The van der Waals surface area contributed by atoms with Crippen LogP contribution in [0.2, 0.25) is 0 Å². The summed E-state index contributed by atoms with van der Waals surface area (Å²) in [4.78, 5) is 11.6. The number of halogens is 1. The summed E-state index contributed by atoms with van der Waals surface area (Å²) in [6.07, 6.45) is -0.290. The summed E-state index contributed by atoms with van der Waals surface area (Å²) in [6.45, 7) is 1.40. The second kappa shape index (κ2) is 2.46. The average molecular weight is 328 g/mol. The van der Waals surface area contributed by atoms with Crippen molar-refractivity contribution in [3.8, 4) is 0 Å². The lowest BCUT2D eigenvalue weighted by Gasteiger charge is -2.91. The highest BCUT2D eigenvalue weighted by Gasteiger charge is 3.09. The predicted molar refractivity (Wildman–Crippen MR) is 65.5 cm³/mol. The first kappa shape index (κ1) is 10.4. The van der Waals surface area contributed by atoms with Gasteiger partial charge in [-0.2, -0.15) is 0 Å². The Morgan fingerprint density at radius 1 is 1.16 bits per heavy atom. The Balaban J connectivity index is 1.44. The van der Waals surface area contributed by atoms with Crippen molar-refractivity contribution >= 4 is 22.0 Å². The van der Waals surface area contributed by atoms with Gasteiger partial charge in [-0.05, 0) is 29.6 Å². The minimum atomic E-state index is -0.397. The van der Waals surface area contributed by atoms with Crippen molar-refractivity contribution in [2.24, 2.45) is 35.5 Å². The summed E-state index contributed by atoms with van der Waals surface area (Å²) in [5, 5.41) is 3.13. The third-order valence-electron chi connectivity index (χ3n) is 7.14.